The predicted octanol–water partition coefficient (Wildman–Crippen LogP) is 1.39. The Hall–Kier alpha value is -1.42. The van der Waals surface area contributed by atoms with Crippen molar-refractivity contribution >= 4 is 5.91 Å². The molecule has 2 N–H and O–H groups in total. The van der Waals surface area contributed by atoms with Gasteiger partial charge in [0.1, 0.15) is 5.82 Å². The molecule has 0 spiro atoms. The number of likely N-dealkylation sites (tertiary alicyclic amines) is 1. The van der Waals surface area contributed by atoms with Gasteiger partial charge in [-0.25, -0.2) is 4.39 Å². The van der Waals surface area contributed by atoms with Crippen LogP contribution in [-0.4, -0.2) is 29.9 Å². The third-order valence-electron chi connectivity index (χ3n) is 2.84. The van der Waals surface area contributed by atoms with Crippen molar-refractivity contribution in [3.05, 3.63) is 35.6 Å². The molecule has 4 heteroatoms. The summed E-state index contributed by atoms with van der Waals surface area (Å²) >= 11 is 0. The van der Waals surface area contributed by atoms with Crippen LogP contribution in [0.3, 0.4) is 0 Å². The summed E-state index contributed by atoms with van der Waals surface area (Å²) < 4.78 is 12.7. The van der Waals surface area contributed by atoms with Crippen molar-refractivity contribution in [1.29, 1.82) is 0 Å². The number of amides is 1. The molecule has 0 unspecified atom stereocenters. The zero-order valence-corrected chi connectivity index (χ0v) is 9.03. The Morgan fingerprint density at radius 2 is 2.06 bits per heavy atom. The van der Waals surface area contributed by atoms with Gasteiger partial charge in [0, 0.05) is 24.7 Å². The highest BCUT2D eigenvalue weighted by Crippen LogP contribution is 2.13. The molecular formula is C12H15FN2O. The van der Waals surface area contributed by atoms with E-state index in [1.807, 2.05) is 0 Å². The minimum atomic E-state index is -0.327. The van der Waals surface area contributed by atoms with Crippen LogP contribution in [0.25, 0.3) is 0 Å². The molecule has 0 bridgehead atoms. The smallest absolute Gasteiger partial charge is 0.253 e. The van der Waals surface area contributed by atoms with Crippen LogP contribution in [0.15, 0.2) is 24.3 Å². The second-order valence-electron chi connectivity index (χ2n) is 4.16. The Morgan fingerprint density at radius 3 is 2.69 bits per heavy atom. The van der Waals surface area contributed by atoms with E-state index in [9.17, 15) is 9.18 Å². The number of halogens is 1. The van der Waals surface area contributed by atoms with Crippen LogP contribution >= 0.6 is 0 Å². The Morgan fingerprint density at radius 1 is 1.38 bits per heavy atom. The van der Waals surface area contributed by atoms with Crippen LogP contribution in [0, 0.1) is 5.82 Å². The second kappa shape index (κ2) is 4.61. The van der Waals surface area contributed by atoms with E-state index in [1.165, 1.54) is 24.3 Å². The molecule has 1 aliphatic rings. The third kappa shape index (κ3) is 2.39. The van der Waals surface area contributed by atoms with E-state index in [1.54, 1.807) is 4.90 Å². The molecule has 3 nitrogen and oxygen atoms in total. The highest BCUT2D eigenvalue weighted by atomic mass is 19.1. The summed E-state index contributed by atoms with van der Waals surface area (Å²) in [6.45, 7) is 1.33. The van der Waals surface area contributed by atoms with Crippen LogP contribution in [0.1, 0.15) is 23.2 Å². The molecule has 1 amide bonds. The van der Waals surface area contributed by atoms with Crippen molar-refractivity contribution in [2.75, 3.05) is 13.1 Å². The molecule has 16 heavy (non-hydrogen) atoms. The number of nitrogens with two attached hydrogens (primary N) is 1. The SMILES string of the molecule is N[C@H]1CCCN(C(=O)c2ccc(F)cc2)C1. The van der Waals surface area contributed by atoms with Crippen molar-refractivity contribution in [1.82, 2.24) is 4.90 Å². The summed E-state index contributed by atoms with van der Waals surface area (Å²) in [5.41, 5.74) is 6.33. The van der Waals surface area contributed by atoms with Gasteiger partial charge in [0.15, 0.2) is 0 Å². The van der Waals surface area contributed by atoms with Crippen LogP contribution in [0.5, 0.6) is 0 Å². The van der Waals surface area contributed by atoms with Gasteiger partial charge < -0.3 is 10.6 Å². The maximum Gasteiger partial charge on any atom is 0.253 e. The lowest BCUT2D eigenvalue weighted by Crippen LogP contribution is -2.45. The van der Waals surface area contributed by atoms with Crippen molar-refractivity contribution < 1.29 is 9.18 Å². The lowest BCUT2D eigenvalue weighted by Gasteiger charge is -2.30. The summed E-state index contributed by atoms with van der Waals surface area (Å²) in [5.74, 6) is -0.387. The first-order chi connectivity index (χ1) is 7.66. The van der Waals surface area contributed by atoms with Gasteiger partial charge in [0.25, 0.3) is 5.91 Å². The molecule has 1 fully saturated rings. The number of carbonyl (C=O) groups is 1. The van der Waals surface area contributed by atoms with Crippen LogP contribution < -0.4 is 5.73 Å². The molecule has 1 aromatic rings. The fourth-order valence-electron chi connectivity index (χ4n) is 1.97. The van der Waals surface area contributed by atoms with Gasteiger partial charge in [-0.3, -0.25) is 4.79 Å². The average Bonchev–Trinajstić information content (AvgIpc) is 2.29. The Bertz CT molecular complexity index is 377. The molecule has 1 aromatic carbocycles. The topological polar surface area (TPSA) is 46.3 Å². The zero-order chi connectivity index (χ0) is 11.5. The van der Waals surface area contributed by atoms with Crippen molar-refractivity contribution in [2.45, 2.75) is 18.9 Å². The van der Waals surface area contributed by atoms with E-state index in [0.717, 1.165) is 19.4 Å². The van der Waals surface area contributed by atoms with Gasteiger partial charge in [-0.2, -0.15) is 0 Å². The van der Waals surface area contributed by atoms with Crippen molar-refractivity contribution in [3.8, 4) is 0 Å². The number of hydrogen-bond acceptors (Lipinski definition) is 2. The predicted molar refractivity (Wildman–Crippen MR) is 59.5 cm³/mol. The molecule has 0 aromatic heterocycles. The molecule has 1 atom stereocenters. The van der Waals surface area contributed by atoms with Crippen molar-refractivity contribution in [2.24, 2.45) is 5.73 Å². The molecule has 1 heterocycles. The van der Waals surface area contributed by atoms with Gasteiger partial charge in [-0.05, 0) is 37.1 Å². The number of nitrogens with zero attached hydrogens (tertiary/aromatic N) is 1. The summed E-state index contributed by atoms with van der Waals surface area (Å²) in [6.07, 6.45) is 1.90. The van der Waals surface area contributed by atoms with Crippen molar-refractivity contribution in [3.63, 3.8) is 0 Å². The third-order valence-corrected chi connectivity index (χ3v) is 2.84. The average molecular weight is 222 g/mol. The zero-order valence-electron chi connectivity index (χ0n) is 9.03. The molecule has 86 valence electrons. The standard InChI is InChI=1S/C12H15FN2O/c13-10-5-3-9(4-6-10)12(16)15-7-1-2-11(14)8-15/h3-6,11H,1-2,7-8,14H2/t11-/m0/s1. The second-order valence-corrected chi connectivity index (χ2v) is 4.16. The number of carbonyl (C=O) groups excluding carboxylic acids is 1. The normalized spacial score (nSPS) is 20.9. The van der Waals surface area contributed by atoms with E-state index in [-0.39, 0.29) is 17.8 Å². The number of hydrogen-bond donors (Lipinski definition) is 1. The Labute approximate surface area is 94.0 Å². The fourth-order valence-corrected chi connectivity index (χ4v) is 1.97. The van der Waals surface area contributed by atoms with E-state index >= 15 is 0 Å². The van der Waals surface area contributed by atoms with Gasteiger partial charge in [0.05, 0.1) is 0 Å². The van der Waals surface area contributed by atoms with Crippen LogP contribution in [0.4, 0.5) is 4.39 Å². The number of piperidine rings is 1. The van der Waals surface area contributed by atoms with E-state index in [0.29, 0.717) is 12.1 Å². The van der Waals surface area contributed by atoms with Crippen LogP contribution in [0.2, 0.25) is 0 Å². The molecular weight excluding hydrogens is 207 g/mol. The van der Waals surface area contributed by atoms with Gasteiger partial charge in [-0.15, -0.1) is 0 Å². The summed E-state index contributed by atoms with van der Waals surface area (Å²) in [6, 6.07) is 5.70. The molecule has 0 aliphatic carbocycles. The molecule has 0 radical (unpaired) electrons. The molecule has 1 saturated heterocycles. The summed E-state index contributed by atoms with van der Waals surface area (Å²) in [5, 5.41) is 0. The van der Waals surface area contributed by atoms with Gasteiger partial charge >= 0.3 is 0 Å². The lowest BCUT2D eigenvalue weighted by atomic mass is 10.1. The first-order valence-corrected chi connectivity index (χ1v) is 5.47. The highest BCUT2D eigenvalue weighted by Gasteiger charge is 2.21. The first-order valence-electron chi connectivity index (χ1n) is 5.47. The largest absolute Gasteiger partial charge is 0.337 e. The lowest BCUT2D eigenvalue weighted by molar-refractivity contribution is 0.0709. The summed E-state index contributed by atoms with van der Waals surface area (Å²) in [4.78, 5) is 13.7. The molecule has 2 rings (SSSR count). The minimum absolute atomic E-state index is 0.0600. The fraction of sp³-hybridized carbons (Fsp3) is 0.417. The first kappa shape index (κ1) is 11.1. The van der Waals surface area contributed by atoms with Gasteiger partial charge in [0.2, 0.25) is 0 Å². The molecule has 1 aliphatic heterocycles. The summed E-state index contributed by atoms with van der Waals surface area (Å²) in [7, 11) is 0. The maximum atomic E-state index is 12.7. The maximum absolute atomic E-state index is 12.7. The number of rotatable bonds is 1. The minimum Gasteiger partial charge on any atom is -0.337 e. The highest BCUT2D eigenvalue weighted by molar-refractivity contribution is 5.94. The number of benzene rings is 1. The Kier molecular flexibility index (Phi) is 3.19. The van der Waals surface area contributed by atoms with E-state index in [4.69, 9.17) is 5.73 Å². The monoisotopic (exact) mass is 222 g/mol. The van der Waals surface area contributed by atoms with Crippen LogP contribution in [-0.2, 0) is 0 Å². The quantitative estimate of drug-likeness (QED) is 0.780. The van der Waals surface area contributed by atoms with E-state index < -0.39 is 0 Å². The van der Waals surface area contributed by atoms with E-state index in [2.05, 4.69) is 0 Å². The van der Waals surface area contributed by atoms with Gasteiger partial charge in [-0.1, -0.05) is 0 Å². The molecule has 0 saturated carbocycles. The Balaban J connectivity index is 2.09.